The molecule has 2 aliphatic heterocycles. The molecule has 8 rings (SSSR count). The summed E-state index contributed by atoms with van der Waals surface area (Å²) in [5.41, 5.74) is 6.30. The molecule has 0 saturated carbocycles. The summed E-state index contributed by atoms with van der Waals surface area (Å²) < 4.78 is 26.3. The summed E-state index contributed by atoms with van der Waals surface area (Å²) >= 11 is 0. The highest BCUT2D eigenvalue weighted by molar-refractivity contribution is 6.11. The summed E-state index contributed by atoms with van der Waals surface area (Å²) in [6, 6.07) is 32.4. The van der Waals surface area contributed by atoms with E-state index in [1.165, 1.54) is 0 Å². The largest absolute Gasteiger partial charge is 0.461 e. The molecule has 0 atom stereocenters. The predicted octanol–water partition coefficient (Wildman–Crippen LogP) is 10.3. The lowest BCUT2D eigenvalue weighted by Gasteiger charge is -2.29. The first-order chi connectivity index (χ1) is 21.9. The third kappa shape index (κ3) is 4.03. The third-order valence-corrected chi connectivity index (χ3v) is 8.88. The van der Waals surface area contributed by atoms with Crippen molar-refractivity contribution in [1.29, 1.82) is 0 Å². The van der Waals surface area contributed by atoms with Crippen molar-refractivity contribution in [1.82, 2.24) is 0 Å². The number of ether oxygens (including phenoxy) is 3. The van der Waals surface area contributed by atoms with Gasteiger partial charge in [0.2, 0.25) is 0 Å². The van der Waals surface area contributed by atoms with E-state index < -0.39 is 11.9 Å². The smallest absolute Gasteiger partial charge is 0.450 e. The maximum absolute atomic E-state index is 14.3. The van der Waals surface area contributed by atoms with E-state index in [4.69, 9.17) is 18.6 Å². The molecule has 3 heterocycles. The minimum absolute atomic E-state index is 0.470. The molecule has 6 aromatic rings. The Kier molecular flexibility index (Phi) is 6.14. The SMILES string of the molecule is CCC/C(=C1/C(=O)OC2(Oc3ccc4ccccc4c3-c3c(ccc4ccccc34)O2)C1=C(C)C)c1c(C)oc2ccccc12. The Morgan fingerprint density at radius 2 is 1.24 bits per heavy atom. The summed E-state index contributed by atoms with van der Waals surface area (Å²) in [4.78, 5) is 14.3. The number of para-hydroxylation sites is 1. The van der Waals surface area contributed by atoms with Crippen molar-refractivity contribution in [3.05, 3.63) is 125 Å². The Balaban J connectivity index is 1.44. The van der Waals surface area contributed by atoms with Crippen molar-refractivity contribution in [3.8, 4) is 22.6 Å². The molecular formula is C40H32O5. The lowest BCUT2D eigenvalue weighted by Crippen LogP contribution is -2.43. The van der Waals surface area contributed by atoms with Crippen LogP contribution >= 0.6 is 0 Å². The summed E-state index contributed by atoms with van der Waals surface area (Å²) in [5, 5.41) is 5.17. The van der Waals surface area contributed by atoms with Crippen LogP contribution in [0.1, 0.15) is 44.9 Å². The van der Waals surface area contributed by atoms with Crippen molar-refractivity contribution in [2.75, 3.05) is 0 Å². The molecule has 0 amide bonds. The molecule has 1 spiro atoms. The van der Waals surface area contributed by atoms with Crippen LogP contribution in [0.15, 0.2) is 118 Å². The Morgan fingerprint density at radius 1 is 0.689 bits per heavy atom. The van der Waals surface area contributed by atoms with E-state index >= 15 is 0 Å². The lowest BCUT2D eigenvalue weighted by molar-refractivity contribution is -0.244. The number of hydrogen-bond donors (Lipinski definition) is 0. The van der Waals surface area contributed by atoms with Crippen LogP contribution in [0.3, 0.4) is 0 Å². The van der Waals surface area contributed by atoms with Crippen LogP contribution < -0.4 is 9.47 Å². The second-order valence-corrected chi connectivity index (χ2v) is 12.0. The molecule has 5 heteroatoms. The monoisotopic (exact) mass is 592 g/mol. The molecule has 1 saturated heterocycles. The van der Waals surface area contributed by atoms with Crippen LogP contribution in [0.25, 0.3) is 49.2 Å². The summed E-state index contributed by atoms with van der Waals surface area (Å²) in [6.45, 7) is 8.01. The van der Waals surface area contributed by atoms with Gasteiger partial charge in [0.05, 0.1) is 11.1 Å². The van der Waals surface area contributed by atoms with Crippen LogP contribution in [0.2, 0.25) is 0 Å². The molecule has 45 heavy (non-hydrogen) atoms. The first-order valence-electron chi connectivity index (χ1n) is 15.5. The van der Waals surface area contributed by atoms with Gasteiger partial charge in [0.15, 0.2) is 0 Å². The molecule has 222 valence electrons. The van der Waals surface area contributed by atoms with Gasteiger partial charge in [-0.2, -0.15) is 0 Å². The molecule has 0 radical (unpaired) electrons. The van der Waals surface area contributed by atoms with Crippen molar-refractivity contribution in [3.63, 3.8) is 0 Å². The first-order valence-corrected chi connectivity index (χ1v) is 15.5. The van der Waals surface area contributed by atoms with Gasteiger partial charge in [-0.1, -0.05) is 97.8 Å². The van der Waals surface area contributed by atoms with Gasteiger partial charge in [-0.15, -0.1) is 0 Å². The molecule has 1 fully saturated rings. The number of allylic oxidation sites excluding steroid dienone is 2. The molecule has 2 aliphatic rings. The van der Waals surface area contributed by atoms with Gasteiger partial charge in [0.1, 0.15) is 22.8 Å². The van der Waals surface area contributed by atoms with Crippen LogP contribution in [0, 0.1) is 6.92 Å². The quantitative estimate of drug-likeness (QED) is 0.151. The number of rotatable bonds is 3. The number of esters is 1. The average Bonchev–Trinajstić information content (AvgIpc) is 3.46. The molecule has 5 aromatic carbocycles. The highest BCUT2D eigenvalue weighted by atomic mass is 16.9. The molecule has 1 aromatic heterocycles. The lowest BCUT2D eigenvalue weighted by atomic mass is 9.88. The molecule has 0 aliphatic carbocycles. The van der Waals surface area contributed by atoms with E-state index in [9.17, 15) is 4.79 Å². The van der Waals surface area contributed by atoms with Gasteiger partial charge < -0.3 is 18.6 Å². The number of furan rings is 1. The number of aryl methyl sites for hydroxylation is 1. The maximum atomic E-state index is 14.3. The Hall–Kier alpha value is -5.29. The summed E-state index contributed by atoms with van der Waals surface area (Å²) in [6.07, 6.45) is 1.46. The standard InChI is InChI=1S/C40H32O5/c1-5-12-30(34-24(4)42-31-18-11-10-17-29(31)34)37-38(23(2)3)40(45-39(37)41)43-32-21-19-25-13-6-8-15-27(25)35(32)36-28-16-9-7-14-26(28)20-22-33(36)44-40/h6-11,13-22H,5,12H2,1-4H3/b37-30-. The highest BCUT2D eigenvalue weighted by Gasteiger charge is 2.57. The predicted molar refractivity (Wildman–Crippen MR) is 178 cm³/mol. The fourth-order valence-electron chi connectivity index (χ4n) is 7.12. The van der Waals surface area contributed by atoms with Gasteiger partial charge in [-0.05, 0) is 72.5 Å². The Labute approximate surface area is 261 Å². The van der Waals surface area contributed by atoms with E-state index in [-0.39, 0.29) is 0 Å². The first kappa shape index (κ1) is 27.3. The van der Waals surface area contributed by atoms with Gasteiger partial charge in [0.25, 0.3) is 0 Å². The Bertz CT molecular complexity index is 2170. The maximum Gasteiger partial charge on any atom is 0.450 e. The molecule has 0 unspecified atom stereocenters. The van der Waals surface area contributed by atoms with Crippen molar-refractivity contribution in [2.24, 2.45) is 0 Å². The summed E-state index contributed by atoms with van der Waals surface area (Å²) in [5.74, 6) is -0.392. The van der Waals surface area contributed by atoms with Gasteiger partial charge in [-0.3, -0.25) is 0 Å². The van der Waals surface area contributed by atoms with Crippen LogP contribution in [0.5, 0.6) is 11.5 Å². The number of hydrogen-bond acceptors (Lipinski definition) is 5. The van der Waals surface area contributed by atoms with E-state index in [0.29, 0.717) is 29.1 Å². The van der Waals surface area contributed by atoms with Crippen molar-refractivity contribution in [2.45, 2.75) is 46.5 Å². The van der Waals surface area contributed by atoms with Crippen molar-refractivity contribution < 1.29 is 23.4 Å². The zero-order valence-corrected chi connectivity index (χ0v) is 25.7. The van der Waals surface area contributed by atoms with E-state index in [0.717, 1.165) is 72.5 Å². The minimum atomic E-state index is -1.83. The second-order valence-electron chi connectivity index (χ2n) is 12.0. The van der Waals surface area contributed by atoms with Crippen LogP contribution in [-0.2, 0) is 9.53 Å². The summed E-state index contributed by atoms with van der Waals surface area (Å²) in [7, 11) is 0. The fourth-order valence-corrected chi connectivity index (χ4v) is 7.12. The number of benzene rings is 5. The minimum Gasteiger partial charge on any atom is -0.461 e. The van der Waals surface area contributed by atoms with Crippen LogP contribution in [-0.4, -0.2) is 11.9 Å². The fraction of sp³-hybridized carbons (Fsp3) is 0.175. The number of carbonyl (C=O) groups excluding carboxylic acids is 1. The highest BCUT2D eigenvalue weighted by Crippen LogP contribution is 2.54. The van der Waals surface area contributed by atoms with E-state index in [1.54, 1.807) is 0 Å². The average molecular weight is 593 g/mol. The molecule has 0 bridgehead atoms. The van der Waals surface area contributed by atoms with Crippen molar-refractivity contribution >= 4 is 44.1 Å². The number of carbonyl (C=O) groups is 1. The van der Waals surface area contributed by atoms with Crippen LogP contribution in [0.4, 0.5) is 0 Å². The molecule has 5 nitrogen and oxygen atoms in total. The number of fused-ring (bicyclic) bond motifs is 8. The van der Waals surface area contributed by atoms with E-state index in [2.05, 4.69) is 31.2 Å². The Morgan fingerprint density at radius 3 is 1.82 bits per heavy atom. The van der Waals surface area contributed by atoms with Gasteiger partial charge in [-0.25, -0.2) is 4.79 Å². The second kappa shape index (κ2) is 10.1. The zero-order valence-electron chi connectivity index (χ0n) is 25.7. The van der Waals surface area contributed by atoms with Gasteiger partial charge in [0, 0.05) is 22.1 Å². The normalized spacial score (nSPS) is 16.3. The van der Waals surface area contributed by atoms with E-state index in [1.807, 2.05) is 93.6 Å². The molecule has 0 N–H and O–H groups in total. The topological polar surface area (TPSA) is 57.9 Å². The third-order valence-electron chi connectivity index (χ3n) is 8.88. The zero-order chi connectivity index (χ0) is 30.9. The molecular weight excluding hydrogens is 560 g/mol. The van der Waals surface area contributed by atoms with Gasteiger partial charge >= 0.3 is 11.9 Å².